The molecule has 0 saturated carbocycles. The first-order valence-corrected chi connectivity index (χ1v) is 2.99. The van der Waals surface area contributed by atoms with Crippen molar-refractivity contribution in [2.24, 2.45) is 11.5 Å². The van der Waals surface area contributed by atoms with E-state index in [9.17, 15) is 8.78 Å². The molecule has 0 radical (unpaired) electrons. The Morgan fingerprint density at radius 3 is 2.40 bits per heavy atom. The second-order valence-corrected chi connectivity index (χ2v) is 2.13. The van der Waals surface area contributed by atoms with Crippen molar-refractivity contribution in [3.8, 4) is 0 Å². The van der Waals surface area contributed by atoms with Crippen molar-refractivity contribution in [3.63, 3.8) is 0 Å². The van der Waals surface area contributed by atoms with E-state index in [1.807, 2.05) is 0 Å². The third-order valence-electron chi connectivity index (χ3n) is 1.09. The molecular formula is C6H12F2N2. The van der Waals surface area contributed by atoms with Crippen LogP contribution in [0.25, 0.3) is 0 Å². The first-order valence-electron chi connectivity index (χ1n) is 2.99. The fourth-order valence-corrected chi connectivity index (χ4v) is 0.469. The zero-order chi connectivity index (χ0) is 8.15. The van der Waals surface area contributed by atoms with Gasteiger partial charge in [0.05, 0.1) is 6.04 Å². The summed E-state index contributed by atoms with van der Waals surface area (Å²) in [6, 6.07) is -1.18. The summed E-state index contributed by atoms with van der Waals surface area (Å²) in [5.74, 6) is 0. The molecule has 0 bridgehead atoms. The lowest BCUT2D eigenvalue weighted by Gasteiger charge is -2.05. The molecule has 0 heterocycles. The van der Waals surface area contributed by atoms with Crippen LogP contribution in [-0.4, -0.2) is 19.0 Å². The smallest absolute Gasteiger partial charge is 0.257 e. The van der Waals surface area contributed by atoms with Crippen LogP contribution in [0.15, 0.2) is 11.6 Å². The van der Waals surface area contributed by atoms with Crippen molar-refractivity contribution < 1.29 is 8.78 Å². The normalized spacial score (nSPS) is 16.0. The topological polar surface area (TPSA) is 52.0 Å². The Labute approximate surface area is 58.9 Å². The van der Waals surface area contributed by atoms with Crippen LogP contribution in [0.4, 0.5) is 8.78 Å². The minimum atomic E-state index is -2.50. The first-order chi connectivity index (χ1) is 4.57. The Bertz CT molecular complexity index is 123. The van der Waals surface area contributed by atoms with Gasteiger partial charge in [0.2, 0.25) is 0 Å². The SMILES string of the molecule is C/C(=C\C(N)C(F)F)CN. The molecule has 0 aromatic rings. The molecule has 2 nitrogen and oxygen atoms in total. The summed E-state index contributed by atoms with van der Waals surface area (Å²) in [7, 11) is 0. The van der Waals surface area contributed by atoms with E-state index in [2.05, 4.69) is 0 Å². The van der Waals surface area contributed by atoms with Gasteiger partial charge in [0.1, 0.15) is 0 Å². The standard InChI is InChI=1S/C6H12F2N2/c1-4(3-9)2-5(10)6(7)8/h2,5-6H,3,9-10H2,1H3/b4-2+. The molecule has 10 heavy (non-hydrogen) atoms. The third-order valence-corrected chi connectivity index (χ3v) is 1.09. The van der Waals surface area contributed by atoms with Crippen molar-refractivity contribution >= 4 is 0 Å². The van der Waals surface area contributed by atoms with Crippen molar-refractivity contribution in [1.82, 2.24) is 0 Å². The minimum Gasteiger partial charge on any atom is -0.327 e. The van der Waals surface area contributed by atoms with Crippen LogP contribution in [0.5, 0.6) is 0 Å². The van der Waals surface area contributed by atoms with E-state index in [1.54, 1.807) is 6.92 Å². The maximum Gasteiger partial charge on any atom is 0.257 e. The predicted molar refractivity (Wildman–Crippen MR) is 36.8 cm³/mol. The van der Waals surface area contributed by atoms with E-state index in [0.717, 1.165) is 0 Å². The van der Waals surface area contributed by atoms with Crippen LogP contribution >= 0.6 is 0 Å². The van der Waals surface area contributed by atoms with Crippen molar-refractivity contribution in [1.29, 1.82) is 0 Å². The van der Waals surface area contributed by atoms with E-state index in [0.29, 0.717) is 5.57 Å². The number of hydrogen-bond acceptors (Lipinski definition) is 2. The average molecular weight is 150 g/mol. The minimum absolute atomic E-state index is 0.278. The lowest BCUT2D eigenvalue weighted by Crippen LogP contribution is -2.26. The van der Waals surface area contributed by atoms with Crippen molar-refractivity contribution in [2.45, 2.75) is 19.4 Å². The molecule has 0 aliphatic rings. The van der Waals surface area contributed by atoms with E-state index in [4.69, 9.17) is 11.5 Å². The Balaban J connectivity index is 3.86. The Morgan fingerprint density at radius 2 is 2.10 bits per heavy atom. The zero-order valence-electron chi connectivity index (χ0n) is 5.85. The molecule has 4 heteroatoms. The van der Waals surface area contributed by atoms with Gasteiger partial charge in [0.15, 0.2) is 0 Å². The highest BCUT2D eigenvalue weighted by Gasteiger charge is 2.11. The highest BCUT2D eigenvalue weighted by atomic mass is 19.3. The van der Waals surface area contributed by atoms with Gasteiger partial charge < -0.3 is 11.5 Å². The number of alkyl halides is 2. The van der Waals surface area contributed by atoms with Crippen molar-refractivity contribution in [2.75, 3.05) is 6.54 Å². The molecule has 0 fully saturated rings. The summed E-state index contributed by atoms with van der Waals surface area (Å²) < 4.78 is 23.4. The predicted octanol–water partition coefficient (Wildman–Crippen LogP) is 0.484. The average Bonchev–Trinajstić information content (AvgIpc) is 1.87. The summed E-state index contributed by atoms with van der Waals surface area (Å²) in [5, 5.41) is 0. The lowest BCUT2D eigenvalue weighted by atomic mass is 10.2. The fraction of sp³-hybridized carbons (Fsp3) is 0.667. The molecule has 0 rings (SSSR count). The maximum absolute atomic E-state index is 11.7. The van der Waals surface area contributed by atoms with Crippen LogP contribution in [0.2, 0.25) is 0 Å². The molecule has 0 saturated heterocycles. The second kappa shape index (κ2) is 4.35. The summed E-state index contributed by atoms with van der Waals surface area (Å²) in [4.78, 5) is 0. The van der Waals surface area contributed by atoms with Crippen LogP contribution < -0.4 is 11.5 Å². The molecular weight excluding hydrogens is 138 g/mol. The van der Waals surface area contributed by atoms with Gasteiger partial charge in [-0.1, -0.05) is 11.6 Å². The number of rotatable bonds is 3. The molecule has 60 valence electrons. The monoisotopic (exact) mass is 150 g/mol. The number of hydrogen-bond donors (Lipinski definition) is 2. The maximum atomic E-state index is 11.7. The van der Waals surface area contributed by atoms with Crippen LogP contribution in [0.3, 0.4) is 0 Å². The summed E-state index contributed by atoms with van der Waals surface area (Å²) in [6.45, 7) is 1.95. The quantitative estimate of drug-likeness (QED) is 0.575. The van der Waals surface area contributed by atoms with Crippen molar-refractivity contribution in [3.05, 3.63) is 11.6 Å². The van der Waals surface area contributed by atoms with Gasteiger partial charge in [-0.05, 0) is 6.92 Å². The first kappa shape index (κ1) is 9.52. The number of nitrogens with two attached hydrogens (primary N) is 2. The molecule has 0 aromatic heterocycles. The zero-order valence-corrected chi connectivity index (χ0v) is 5.85. The molecule has 0 aromatic carbocycles. The van der Waals surface area contributed by atoms with Gasteiger partial charge in [-0.3, -0.25) is 0 Å². The van der Waals surface area contributed by atoms with Gasteiger partial charge in [-0.2, -0.15) is 0 Å². The highest BCUT2D eigenvalue weighted by Crippen LogP contribution is 2.01. The number of halogens is 2. The Hall–Kier alpha value is -0.480. The molecule has 0 amide bonds. The van der Waals surface area contributed by atoms with Crippen LogP contribution in [-0.2, 0) is 0 Å². The van der Waals surface area contributed by atoms with Gasteiger partial charge in [-0.25, -0.2) is 8.78 Å². The fourth-order valence-electron chi connectivity index (χ4n) is 0.469. The molecule has 1 unspecified atom stereocenters. The lowest BCUT2D eigenvalue weighted by molar-refractivity contribution is 0.133. The van der Waals surface area contributed by atoms with Gasteiger partial charge >= 0.3 is 0 Å². The summed E-state index contributed by atoms with van der Waals surface area (Å²) in [5.41, 5.74) is 10.9. The highest BCUT2D eigenvalue weighted by molar-refractivity contribution is 5.05. The van der Waals surface area contributed by atoms with Gasteiger partial charge in [0.25, 0.3) is 6.43 Å². The summed E-state index contributed by atoms with van der Waals surface area (Å²) in [6.07, 6.45) is -1.22. The summed E-state index contributed by atoms with van der Waals surface area (Å²) >= 11 is 0. The third kappa shape index (κ3) is 3.53. The van der Waals surface area contributed by atoms with Gasteiger partial charge in [-0.15, -0.1) is 0 Å². The second-order valence-electron chi connectivity index (χ2n) is 2.13. The molecule has 4 N–H and O–H groups in total. The largest absolute Gasteiger partial charge is 0.327 e. The Morgan fingerprint density at radius 1 is 1.60 bits per heavy atom. The van der Waals surface area contributed by atoms with Crippen LogP contribution in [0.1, 0.15) is 6.92 Å². The van der Waals surface area contributed by atoms with E-state index in [1.165, 1.54) is 6.08 Å². The van der Waals surface area contributed by atoms with Crippen LogP contribution in [0, 0.1) is 0 Å². The molecule has 0 aliphatic heterocycles. The molecule has 1 atom stereocenters. The Kier molecular flexibility index (Phi) is 4.14. The molecule has 0 spiro atoms. The van der Waals surface area contributed by atoms with E-state index >= 15 is 0 Å². The molecule has 0 aliphatic carbocycles. The van der Waals surface area contributed by atoms with E-state index in [-0.39, 0.29) is 6.54 Å². The van der Waals surface area contributed by atoms with Gasteiger partial charge in [0, 0.05) is 6.54 Å². The van der Waals surface area contributed by atoms with E-state index < -0.39 is 12.5 Å².